The van der Waals surface area contributed by atoms with Crippen LogP contribution >= 0.6 is 11.3 Å². The average Bonchev–Trinajstić information content (AvgIpc) is 2.48. The number of primary amides is 1. The minimum Gasteiger partial charge on any atom is -0.443 e. The Morgan fingerprint density at radius 2 is 2.46 bits per heavy atom. The van der Waals surface area contributed by atoms with Crippen molar-refractivity contribution in [1.29, 1.82) is 0 Å². The van der Waals surface area contributed by atoms with Crippen LogP contribution in [0.15, 0.2) is 5.38 Å². The lowest BCUT2D eigenvalue weighted by Gasteiger charge is -2.05. The van der Waals surface area contributed by atoms with Gasteiger partial charge in [0.1, 0.15) is 6.61 Å². The number of carbonyl (C=O) groups is 1. The summed E-state index contributed by atoms with van der Waals surface area (Å²) in [5.74, 6) is 0. The quantitative estimate of drug-likeness (QED) is 0.785. The molecule has 1 amide bonds. The summed E-state index contributed by atoms with van der Waals surface area (Å²) in [6, 6.07) is 0. The summed E-state index contributed by atoms with van der Waals surface area (Å²) in [6.45, 7) is 0.139. The van der Waals surface area contributed by atoms with Gasteiger partial charge in [-0.1, -0.05) is 0 Å². The summed E-state index contributed by atoms with van der Waals surface area (Å²) in [4.78, 5) is 16.4. The van der Waals surface area contributed by atoms with E-state index < -0.39 is 6.09 Å². The Bertz CT molecular complexity index is 298. The average molecular weight is 201 g/mol. The van der Waals surface area contributed by atoms with Crippen LogP contribution in [-0.4, -0.2) is 25.2 Å². The molecule has 0 saturated heterocycles. The van der Waals surface area contributed by atoms with Gasteiger partial charge in [-0.2, -0.15) is 0 Å². The van der Waals surface area contributed by atoms with Gasteiger partial charge in [-0.25, -0.2) is 9.78 Å². The molecular formula is C7H11N3O2S. The van der Waals surface area contributed by atoms with Crippen LogP contribution in [0, 0.1) is 0 Å². The van der Waals surface area contributed by atoms with E-state index in [4.69, 9.17) is 5.73 Å². The third kappa shape index (κ3) is 2.90. The second kappa shape index (κ2) is 4.08. The largest absolute Gasteiger partial charge is 0.443 e. The predicted octanol–water partition coefficient (Wildman–Crippen LogP) is 0.804. The number of nitrogens with two attached hydrogens (primary N) is 1. The highest BCUT2D eigenvalue weighted by Crippen LogP contribution is 2.18. The molecule has 1 heterocycles. The maximum atomic E-state index is 10.3. The van der Waals surface area contributed by atoms with Gasteiger partial charge in [0.2, 0.25) is 0 Å². The fourth-order valence-electron chi connectivity index (χ4n) is 0.713. The molecular weight excluding hydrogens is 190 g/mol. The monoisotopic (exact) mass is 201 g/mol. The highest BCUT2D eigenvalue weighted by Gasteiger charge is 2.04. The van der Waals surface area contributed by atoms with Gasteiger partial charge >= 0.3 is 6.09 Å². The van der Waals surface area contributed by atoms with Crippen LogP contribution in [0.4, 0.5) is 9.93 Å². The van der Waals surface area contributed by atoms with E-state index in [0.29, 0.717) is 5.69 Å². The molecule has 0 unspecified atom stereocenters. The third-order valence-corrected chi connectivity index (χ3v) is 2.34. The zero-order valence-electron chi connectivity index (χ0n) is 7.48. The van der Waals surface area contributed by atoms with Crippen molar-refractivity contribution in [3.05, 3.63) is 11.1 Å². The molecule has 2 N–H and O–H groups in total. The first kappa shape index (κ1) is 9.79. The lowest BCUT2D eigenvalue weighted by Crippen LogP contribution is -2.13. The fraction of sp³-hybridized carbons (Fsp3) is 0.429. The molecule has 1 aromatic heterocycles. The molecule has 5 nitrogen and oxygen atoms in total. The van der Waals surface area contributed by atoms with E-state index in [1.165, 1.54) is 11.3 Å². The molecule has 72 valence electrons. The molecule has 0 radical (unpaired) electrons. The Kier molecular flexibility index (Phi) is 3.07. The number of nitrogens with zero attached hydrogens (tertiary/aromatic N) is 2. The third-order valence-electron chi connectivity index (χ3n) is 1.28. The number of rotatable bonds is 3. The van der Waals surface area contributed by atoms with Crippen LogP contribution in [0.25, 0.3) is 0 Å². The molecule has 0 aliphatic carbocycles. The van der Waals surface area contributed by atoms with E-state index in [2.05, 4.69) is 9.72 Å². The summed E-state index contributed by atoms with van der Waals surface area (Å²) in [7, 11) is 3.80. The predicted molar refractivity (Wildman–Crippen MR) is 50.8 cm³/mol. The van der Waals surface area contributed by atoms with Gasteiger partial charge in [0.25, 0.3) is 0 Å². The van der Waals surface area contributed by atoms with Crippen molar-refractivity contribution >= 4 is 22.6 Å². The zero-order valence-corrected chi connectivity index (χ0v) is 8.30. The van der Waals surface area contributed by atoms with Gasteiger partial charge in [-0.15, -0.1) is 11.3 Å². The highest BCUT2D eigenvalue weighted by atomic mass is 32.1. The Morgan fingerprint density at radius 1 is 1.77 bits per heavy atom. The normalized spacial score (nSPS) is 9.69. The molecule has 0 bridgehead atoms. The van der Waals surface area contributed by atoms with Crippen LogP contribution in [0.3, 0.4) is 0 Å². The maximum Gasteiger partial charge on any atom is 0.404 e. The topological polar surface area (TPSA) is 68.5 Å². The van der Waals surface area contributed by atoms with E-state index in [1.54, 1.807) is 0 Å². The lowest BCUT2D eigenvalue weighted by molar-refractivity contribution is 0.149. The lowest BCUT2D eigenvalue weighted by atomic mass is 10.5. The number of carbonyl (C=O) groups excluding carboxylic acids is 1. The van der Waals surface area contributed by atoms with Gasteiger partial charge in [0.05, 0.1) is 5.69 Å². The second-order valence-electron chi connectivity index (χ2n) is 2.62. The van der Waals surface area contributed by atoms with Crippen molar-refractivity contribution in [3.8, 4) is 0 Å². The van der Waals surface area contributed by atoms with Gasteiger partial charge in [0, 0.05) is 19.5 Å². The van der Waals surface area contributed by atoms with Gasteiger partial charge < -0.3 is 15.4 Å². The molecule has 0 fully saturated rings. The SMILES string of the molecule is CN(C)c1nc(COC(N)=O)cs1. The smallest absolute Gasteiger partial charge is 0.404 e. The summed E-state index contributed by atoms with van der Waals surface area (Å²) in [5.41, 5.74) is 5.53. The number of aromatic nitrogens is 1. The van der Waals surface area contributed by atoms with E-state index >= 15 is 0 Å². The van der Waals surface area contributed by atoms with Crippen molar-refractivity contribution in [1.82, 2.24) is 4.98 Å². The molecule has 1 aromatic rings. The van der Waals surface area contributed by atoms with E-state index in [9.17, 15) is 4.79 Å². The van der Waals surface area contributed by atoms with Crippen LogP contribution in [0.1, 0.15) is 5.69 Å². The van der Waals surface area contributed by atoms with Crippen LogP contribution < -0.4 is 10.6 Å². The first-order chi connectivity index (χ1) is 6.09. The molecule has 0 aliphatic heterocycles. The van der Waals surface area contributed by atoms with Gasteiger partial charge in [0.15, 0.2) is 5.13 Å². The van der Waals surface area contributed by atoms with Crippen molar-refractivity contribution in [2.24, 2.45) is 5.73 Å². The standard InChI is InChI=1S/C7H11N3O2S/c1-10(2)7-9-5(4-13-7)3-12-6(8)11/h4H,3H2,1-2H3,(H2,8,11). The van der Waals surface area contributed by atoms with Crippen molar-refractivity contribution in [2.75, 3.05) is 19.0 Å². The molecule has 6 heteroatoms. The van der Waals surface area contributed by atoms with E-state index in [-0.39, 0.29) is 6.61 Å². The van der Waals surface area contributed by atoms with Crippen molar-refractivity contribution in [2.45, 2.75) is 6.61 Å². The van der Waals surface area contributed by atoms with E-state index in [1.807, 2.05) is 24.4 Å². The van der Waals surface area contributed by atoms with Gasteiger partial charge in [-0.3, -0.25) is 0 Å². The molecule has 0 atom stereocenters. The fourth-order valence-corrected chi connectivity index (χ4v) is 1.46. The number of hydrogen-bond acceptors (Lipinski definition) is 5. The minimum atomic E-state index is -0.778. The second-order valence-corrected chi connectivity index (χ2v) is 3.46. The summed E-state index contributed by atoms with van der Waals surface area (Å²) < 4.78 is 4.59. The minimum absolute atomic E-state index is 0.139. The van der Waals surface area contributed by atoms with Crippen molar-refractivity contribution < 1.29 is 9.53 Å². The Hall–Kier alpha value is -1.30. The molecule has 0 aromatic carbocycles. The summed E-state index contributed by atoms with van der Waals surface area (Å²) in [5, 5.41) is 2.71. The first-order valence-electron chi connectivity index (χ1n) is 3.63. The summed E-state index contributed by atoms with van der Waals surface area (Å²) in [6.07, 6.45) is -0.778. The Labute approximate surface area is 80.1 Å². The van der Waals surface area contributed by atoms with Crippen molar-refractivity contribution in [3.63, 3.8) is 0 Å². The maximum absolute atomic E-state index is 10.3. The van der Waals surface area contributed by atoms with Crippen LogP contribution in [0.5, 0.6) is 0 Å². The van der Waals surface area contributed by atoms with Gasteiger partial charge in [-0.05, 0) is 0 Å². The highest BCUT2D eigenvalue weighted by molar-refractivity contribution is 7.13. The molecule has 1 rings (SSSR count). The first-order valence-corrected chi connectivity index (χ1v) is 4.51. The van der Waals surface area contributed by atoms with E-state index in [0.717, 1.165) is 5.13 Å². The number of hydrogen-bond donors (Lipinski definition) is 1. The number of amides is 1. The zero-order chi connectivity index (χ0) is 9.84. The molecule has 0 spiro atoms. The Balaban J connectivity index is 2.54. The number of ether oxygens (including phenoxy) is 1. The number of thiazole rings is 1. The summed E-state index contributed by atoms with van der Waals surface area (Å²) >= 11 is 1.49. The molecule has 0 aliphatic rings. The molecule has 0 saturated carbocycles. The number of anilines is 1. The molecule has 13 heavy (non-hydrogen) atoms. The van der Waals surface area contributed by atoms with Crippen LogP contribution in [0.2, 0.25) is 0 Å². The van der Waals surface area contributed by atoms with Crippen LogP contribution in [-0.2, 0) is 11.3 Å². The Morgan fingerprint density at radius 3 is 2.92 bits per heavy atom.